The summed E-state index contributed by atoms with van der Waals surface area (Å²) in [6.45, 7) is 3.31. The topological polar surface area (TPSA) is 89.7 Å². The molecule has 0 radical (unpaired) electrons. The van der Waals surface area contributed by atoms with Crippen LogP contribution in [-0.4, -0.2) is 48.4 Å². The third kappa shape index (κ3) is 5.37. The van der Waals surface area contributed by atoms with E-state index in [4.69, 9.17) is 14.1 Å². The van der Waals surface area contributed by atoms with Gasteiger partial charge in [0.25, 0.3) is 0 Å². The number of hydrogen-bond acceptors (Lipinski definition) is 7. The van der Waals surface area contributed by atoms with E-state index < -0.39 is 0 Å². The molecule has 0 bridgehead atoms. The fourth-order valence-corrected chi connectivity index (χ4v) is 4.38. The van der Waals surface area contributed by atoms with Crippen molar-refractivity contribution in [1.29, 1.82) is 0 Å². The molecule has 1 fully saturated rings. The van der Waals surface area contributed by atoms with Crippen LogP contribution in [0.5, 0.6) is 11.5 Å². The lowest BCUT2D eigenvalue weighted by atomic mass is 9.93. The van der Waals surface area contributed by atoms with Crippen LogP contribution in [0.4, 0.5) is 0 Å². The minimum atomic E-state index is 0.0680. The predicted octanol–water partition coefficient (Wildman–Crippen LogP) is 3.55. The summed E-state index contributed by atoms with van der Waals surface area (Å²) in [5.41, 5.74) is 3.70. The van der Waals surface area contributed by atoms with Gasteiger partial charge >= 0.3 is 0 Å². The molecule has 32 heavy (non-hydrogen) atoms. The van der Waals surface area contributed by atoms with E-state index in [-0.39, 0.29) is 5.91 Å². The minimum Gasteiger partial charge on any atom is -0.497 e. The number of benzene rings is 2. The van der Waals surface area contributed by atoms with Crippen molar-refractivity contribution in [2.45, 2.75) is 38.8 Å². The second-order valence-corrected chi connectivity index (χ2v) is 8.29. The van der Waals surface area contributed by atoms with Crippen LogP contribution in [0.15, 0.2) is 41.0 Å². The van der Waals surface area contributed by atoms with Crippen LogP contribution in [0.1, 0.15) is 36.8 Å². The van der Waals surface area contributed by atoms with Gasteiger partial charge in [0.05, 0.1) is 14.2 Å². The van der Waals surface area contributed by atoms with Crippen molar-refractivity contribution in [3.05, 3.63) is 47.5 Å². The fourth-order valence-electron chi connectivity index (χ4n) is 4.38. The van der Waals surface area contributed by atoms with Gasteiger partial charge in [0.15, 0.2) is 0 Å². The first-order valence-electron chi connectivity index (χ1n) is 11.1. The molecule has 1 N–H and O–H groups in total. The molecule has 1 saturated heterocycles. The van der Waals surface area contributed by atoms with E-state index in [2.05, 4.69) is 26.6 Å². The number of carbonyl (C=O) groups is 1. The average Bonchev–Trinajstić information content (AvgIpc) is 3.31. The van der Waals surface area contributed by atoms with Gasteiger partial charge in [0.1, 0.15) is 22.5 Å². The van der Waals surface area contributed by atoms with Crippen molar-refractivity contribution in [1.82, 2.24) is 20.5 Å². The maximum Gasteiger partial charge on any atom is 0.220 e. The Morgan fingerprint density at radius 1 is 1.19 bits per heavy atom. The first kappa shape index (κ1) is 22.1. The molecular weight excluding hydrogens is 408 g/mol. The fraction of sp³-hybridized carbons (Fsp3) is 0.458. The molecule has 170 valence electrons. The van der Waals surface area contributed by atoms with Gasteiger partial charge in [0, 0.05) is 37.7 Å². The third-order valence-corrected chi connectivity index (χ3v) is 6.12. The van der Waals surface area contributed by atoms with Gasteiger partial charge < -0.3 is 14.8 Å². The SMILES string of the molecule is COc1ccc(CNC(=O)CC[C@@H]2CCCN(Cc3cccc4nonc34)C2)c(OC)c1. The quantitative estimate of drug-likeness (QED) is 0.546. The molecule has 1 atom stereocenters. The number of nitrogens with zero attached hydrogens (tertiary/aromatic N) is 3. The van der Waals surface area contributed by atoms with Gasteiger partial charge in [-0.2, -0.15) is 0 Å². The molecule has 8 heteroatoms. The van der Waals surface area contributed by atoms with Crippen molar-refractivity contribution >= 4 is 16.9 Å². The summed E-state index contributed by atoms with van der Waals surface area (Å²) in [6.07, 6.45) is 3.71. The monoisotopic (exact) mass is 438 g/mol. The Kier molecular flexibility index (Phi) is 7.21. The van der Waals surface area contributed by atoms with Crippen LogP contribution in [0.3, 0.4) is 0 Å². The molecule has 1 aliphatic heterocycles. The summed E-state index contributed by atoms with van der Waals surface area (Å²) in [4.78, 5) is 14.9. The Hall–Kier alpha value is -3.13. The van der Waals surface area contributed by atoms with Crippen molar-refractivity contribution in [2.24, 2.45) is 5.92 Å². The molecular formula is C24H30N4O4. The molecule has 8 nitrogen and oxygen atoms in total. The first-order valence-corrected chi connectivity index (χ1v) is 11.1. The number of fused-ring (bicyclic) bond motifs is 1. The number of ether oxygens (including phenoxy) is 2. The van der Waals surface area contributed by atoms with Gasteiger partial charge in [-0.1, -0.05) is 12.1 Å². The van der Waals surface area contributed by atoms with E-state index in [0.717, 1.165) is 66.8 Å². The lowest BCUT2D eigenvalue weighted by Crippen LogP contribution is -2.35. The van der Waals surface area contributed by atoms with E-state index in [1.54, 1.807) is 14.2 Å². The van der Waals surface area contributed by atoms with E-state index in [9.17, 15) is 4.79 Å². The number of likely N-dealkylation sites (tertiary alicyclic amines) is 1. The highest BCUT2D eigenvalue weighted by Gasteiger charge is 2.22. The number of rotatable bonds is 9. The molecule has 0 saturated carbocycles. The van der Waals surface area contributed by atoms with Crippen molar-refractivity contribution < 1.29 is 18.9 Å². The molecule has 1 aliphatic rings. The number of hydrogen-bond donors (Lipinski definition) is 1. The van der Waals surface area contributed by atoms with Crippen LogP contribution in [0.2, 0.25) is 0 Å². The largest absolute Gasteiger partial charge is 0.497 e. The standard InChI is InChI=1S/C24H30N4O4/c1-30-20-10-9-18(22(13-20)31-2)14-25-23(29)11-8-17-5-4-12-28(15-17)16-19-6-3-7-21-24(19)27-32-26-21/h3,6-7,9-10,13,17H,4-5,8,11-12,14-16H2,1-2H3,(H,25,29)/t17-/m0/s1. The maximum atomic E-state index is 12.5. The Bertz CT molecular complexity index is 1050. The van der Waals surface area contributed by atoms with E-state index in [1.165, 1.54) is 0 Å². The number of piperidine rings is 1. The van der Waals surface area contributed by atoms with Gasteiger partial charge in [-0.3, -0.25) is 9.69 Å². The van der Waals surface area contributed by atoms with Gasteiger partial charge in [0.2, 0.25) is 5.91 Å². The van der Waals surface area contributed by atoms with E-state index in [0.29, 0.717) is 24.6 Å². The molecule has 0 spiro atoms. The van der Waals surface area contributed by atoms with Crippen LogP contribution in [0.25, 0.3) is 11.0 Å². The Morgan fingerprint density at radius 3 is 2.94 bits per heavy atom. The molecule has 3 aromatic rings. The summed E-state index contributed by atoms with van der Waals surface area (Å²) in [7, 11) is 3.24. The molecule has 0 unspecified atom stereocenters. The highest BCUT2D eigenvalue weighted by Crippen LogP contribution is 2.26. The number of amides is 1. The van der Waals surface area contributed by atoms with Crippen molar-refractivity contribution in [3.8, 4) is 11.5 Å². The zero-order valence-corrected chi connectivity index (χ0v) is 18.7. The van der Waals surface area contributed by atoms with Crippen LogP contribution in [0, 0.1) is 5.92 Å². The zero-order valence-electron chi connectivity index (χ0n) is 18.7. The molecule has 1 amide bonds. The van der Waals surface area contributed by atoms with Crippen molar-refractivity contribution in [3.63, 3.8) is 0 Å². The molecule has 4 rings (SSSR count). The highest BCUT2D eigenvalue weighted by atomic mass is 16.6. The number of nitrogens with one attached hydrogen (secondary N) is 1. The van der Waals surface area contributed by atoms with E-state index >= 15 is 0 Å². The third-order valence-electron chi connectivity index (χ3n) is 6.12. The lowest BCUT2D eigenvalue weighted by molar-refractivity contribution is -0.121. The Labute approximate surface area is 187 Å². The summed E-state index contributed by atoms with van der Waals surface area (Å²) >= 11 is 0. The summed E-state index contributed by atoms with van der Waals surface area (Å²) in [5.74, 6) is 2.03. The van der Waals surface area contributed by atoms with Gasteiger partial charge in [-0.25, -0.2) is 4.63 Å². The van der Waals surface area contributed by atoms with Crippen molar-refractivity contribution in [2.75, 3.05) is 27.3 Å². The highest BCUT2D eigenvalue weighted by molar-refractivity contribution is 5.77. The molecule has 2 heterocycles. The lowest BCUT2D eigenvalue weighted by Gasteiger charge is -2.32. The van der Waals surface area contributed by atoms with Crippen LogP contribution >= 0.6 is 0 Å². The summed E-state index contributed by atoms with van der Waals surface area (Å²) in [6, 6.07) is 11.6. The second-order valence-electron chi connectivity index (χ2n) is 8.29. The second kappa shape index (κ2) is 10.5. The number of methoxy groups -OCH3 is 2. The van der Waals surface area contributed by atoms with Crippen LogP contribution < -0.4 is 14.8 Å². The first-order chi connectivity index (χ1) is 15.7. The Morgan fingerprint density at radius 2 is 2.09 bits per heavy atom. The van der Waals surface area contributed by atoms with Crippen LogP contribution in [-0.2, 0) is 17.9 Å². The minimum absolute atomic E-state index is 0.0680. The predicted molar refractivity (Wildman–Crippen MR) is 120 cm³/mol. The Balaban J connectivity index is 1.25. The van der Waals surface area contributed by atoms with E-state index in [1.807, 2.05) is 30.3 Å². The zero-order chi connectivity index (χ0) is 22.3. The molecule has 2 aromatic carbocycles. The summed E-state index contributed by atoms with van der Waals surface area (Å²) < 4.78 is 15.5. The van der Waals surface area contributed by atoms with Gasteiger partial charge in [-0.05, 0) is 65.8 Å². The molecule has 0 aliphatic carbocycles. The normalized spacial score (nSPS) is 16.8. The summed E-state index contributed by atoms with van der Waals surface area (Å²) in [5, 5.41) is 11.0. The van der Waals surface area contributed by atoms with Gasteiger partial charge in [-0.15, -0.1) is 0 Å². The maximum absolute atomic E-state index is 12.5. The number of carbonyl (C=O) groups excluding carboxylic acids is 1. The average molecular weight is 439 g/mol. The number of aromatic nitrogens is 2. The smallest absolute Gasteiger partial charge is 0.220 e. The molecule has 1 aromatic heterocycles.